The summed E-state index contributed by atoms with van der Waals surface area (Å²) in [6.07, 6.45) is 1.89. The van der Waals surface area contributed by atoms with Gasteiger partial charge in [0.2, 0.25) is 0 Å². The molecular weight excluding hydrogens is 252 g/mol. The van der Waals surface area contributed by atoms with Crippen molar-refractivity contribution in [1.29, 1.82) is 0 Å². The Labute approximate surface area is 113 Å². The molecule has 0 aliphatic heterocycles. The summed E-state index contributed by atoms with van der Waals surface area (Å²) in [5.74, 6) is -0.259. The van der Waals surface area contributed by atoms with Crippen LogP contribution in [0.1, 0.15) is 19.8 Å². The fourth-order valence-electron chi connectivity index (χ4n) is 1.50. The zero-order valence-electron chi connectivity index (χ0n) is 10.8. The van der Waals surface area contributed by atoms with Gasteiger partial charge >= 0.3 is 5.97 Å². The first-order valence-corrected chi connectivity index (χ1v) is 6.34. The Morgan fingerprint density at radius 3 is 2.89 bits per heavy atom. The van der Waals surface area contributed by atoms with Crippen LogP contribution in [0.4, 0.5) is 11.4 Å². The van der Waals surface area contributed by atoms with Gasteiger partial charge in [-0.3, -0.25) is 4.79 Å². The number of carbonyl (C=O) groups is 1. The van der Waals surface area contributed by atoms with Gasteiger partial charge in [-0.25, -0.2) is 0 Å². The van der Waals surface area contributed by atoms with Crippen molar-refractivity contribution in [3.05, 3.63) is 23.2 Å². The molecule has 4 nitrogen and oxygen atoms in total. The van der Waals surface area contributed by atoms with Gasteiger partial charge in [-0.1, -0.05) is 24.9 Å². The molecule has 0 saturated carbocycles. The SMILES string of the molecule is CCCCOC(=O)CN(C)c1cc(Cl)ccc1N. The van der Waals surface area contributed by atoms with Gasteiger partial charge in [0, 0.05) is 12.1 Å². The molecule has 0 saturated heterocycles. The van der Waals surface area contributed by atoms with Crippen LogP contribution in [0.15, 0.2) is 18.2 Å². The fraction of sp³-hybridized carbons (Fsp3) is 0.462. The molecule has 0 spiro atoms. The van der Waals surface area contributed by atoms with E-state index in [1.807, 2.05) is 6.92 Å². The monoisotopic (exact) mass is 270 g/mol. The molecule has 100 valence electrons. The molecule has 0 fully saturated rings. The second kappa shape index (κ2) is 7.11. The lowest BCUT2D eigenvalue weighted by Gasteiger charge is -2.20. The average Bonchev–Trinajstić information content (AvgIpc) is 2.32. The number of esters is 1. The van der Waals surface area contributed by atoms with Crippen LogP contribution in [0.25, 0.3) is 0 Å². The summed E-state index contributed by atoms with van der Waals surface area (Å²) in [5, 5.41) is 0.588. The summed E-state index contributed by atoms with van der Waals surface area (Å²) in [4.78, 5) is 13.3. The van der Waals surface area contributed by atoms with Crippen LogP contribution in [0.2, 0.25) is 5.02 Å². The second-order valence-corrected chi connectivity index (χ2v) is 4.57. The van der Waals surface area contributed by atoms with Crippen molar-refractivity contribution < 1.29 is 9.53 Å². The highest BCUT2D eigenvalue weighted by atomic mass is 35.5. The first kappa shape index (κ1) is 14.6. The number of hydrogen-bond donors (Lipinski definition) is 1. The van der Waals surface area contributed by atoms with Crippen molar-refractivity contribution in [2.24, 2.45) is 0 Å². The Morgan fingerprint density at radius 2 is 2.22 bits per heavy atom. The minimum Gasteiger partial charge on any atom is -0.464 e. The number of benzene rings is 1. The minimum atomic E-state index is -0.259. The molecule has 5 heteroatoms. The number of hydrogen-bond acceptors (Lipinski definition) is 4. The third-order valence-electron chi connectivity index (χ3n) is 2.53. The molecule has 0 amide bonds. The van der Waals surface area contributed by atoms with E-state index in [1.165, 1.54) is 0 Å². The highest BCUT2D eigenvalue weighted by molar-refractivity contribution is 6.31. The number of ether oxygens (including phenoxy) is 1. The number of rotatable bonds is 6. The van der Waals surface area contributed by atoms with Crippen LogP contribution in [0.5, 0.6) is 0 Å². The van der Waals surface area contributed by atoms with Gasteiger partial charge in [0.05, 0.1) is 18.0 Å². The van der Waals surface area contributed by atoms with E-state index in [4.69, 9.17) is 22.1 Å². The molecule has 18 heavy (non-hydrogen) atoms. The number of nitrogen functional groups attached to an aromatic ring is 1. The van der Waals surface area contributed by atoms with E-state index in [1.54, 1.807) is 30.1 Å². The molecule has 0 aliphatic carbocycles. The summed E-state index contributed by atoms with van der Waals surface area (Å²) < 4.78 is 5.09. The molecule has 0 unspecified atom stereocenters. The highest BCUT2D eigenvalue weighted by Crippen LogP contribution is 2.25. The van der Waals surface area contributed by atoms with Gasteiger partial charge in [0.25, 0.3) is 0 Å². The number of nitrogens with zero attached hydrogens (tertiary/aromatic N) is 1. The Bertz CT molecular complexity index is 410. The minimum absolute atomic E-state index is 0.161. The third-order valence-corrected chi connectivity index (χ3v) is 2.77. The van der Waals surface area contributed by atoms with Gasteiger partial charge in [0.15, 0.2) is 0 Å². The molecule has 0 heterocycles. The van der Waals surface area contributed by atoms with Crippen molar-refractivity contribution in [2.45, 2.75) is 19.8 Å². The van der Waals surface area contributed by atoms with E-state index in [0.29, 0.717) is 17.3 Å². The van der Waals surface area contributed by atoms with Crippen molar-refractivity contribution in [3.8, 4) is 0 Å². The first-order valence-electron chi connectivity index (χ1n) is 5.96. The van der Waals surface area contributed by atoms with E-state index >= 15 is 0 Å². The quantitative estimate of drug-likeness (QED) is 0.491. The zero-order valence-corrected chi connectivity index (χ0v) is 11.5. The summed E-state index contributed by atoms with van der Waals surface area (Å²) in [5.41, 5.74) is 7.15. The number of nitrogens with two attached hydrogens (primary N) is 1. The van der Waals surface area contributed by atoms with Crippen molar-refractivity contribution in [2.75, 3.05) is 30.8 Å². The van der Waals surface area contributed by atoms with Crippen LogP contribution in [-0.2, 0) is 9.53 Å². The van der Waals surface area contributed by atoms with Crippen molar-refractivity contribution >= 4 is 28.9 Å². The van der Waals surface area contributed by atoms with Crippen molar-refractivity contribution in [1.82, 2.24) is 0 Å². The summed E-state index contributed by atoms with van der Waals surface area (Å²) in [6, 6.07) is 5.17. The van der Waals surface area contributed by atoms with E-state index in [9.17, 15) is 4.79 Å². The number of anilines is 2. The molecule has 0 aromatic heterocycles. The Hall–Kier alpha value is -1.42. The summed E-state index contributed by atoms with van der Waals surface area (Å²) in [6.45, 7) is 2.68. The summed E-state index contributed by atoms with van der Waals surface area (Å²) in [7, 11) is 1.78. The van der Waals surface area contributed by atoms with E-state index in [0.717, 1.165) is 18.5 Å². The van der Waals surface area contributed by atoms with E-state index in [-0.39, 0.29) is 12.5 Å². The molecule has 1 rings (SSSR count). The lowest BCUT2D eigenvalue weighted by atomic mass is 10.2. The predicted molar refractivity (Wildman–Crippen MR) is 75.0 cm³/mol. The maximum atomic E-state index is 11.6. The predicted octanol–water partition coefficient (Wildman–Crippen LogP) is 2.70. The maximum Gasteiger partial charge on any atom is 0.325 e. The second-order valence-electron chi connectivity index (χ2n) is 4.13. The average molecular weight is 271 g/mol. The van der Waals surface area contributed by atoms with Crippen LogP contribution in [0.3, 0.4) is 0 Å². The lowest BCUT2D eigenvalue weighted by Crippen LogP contribution is -2.28. The summed E-state index contributed by atoms with van der Waals surface area (Å²) >= 11 is 5.90. The molecule has 1 aromatic rings. The van der Waals surface area contributed by atoms with Crippen molar-refractivity contribution in [3.63, 3.8) is 0 Å². The smallest absolute Gasteiger partial charge is 0.325 e. The van der Waals surface area contributed by atoms with Gasteiger partial charge in [0.1, 0.15) is 6.54 Å². The lowest BCUT2D eigenvalue weighted by molar-refractivity contribution is -0.142. The molecular formula is C13H19ClN2O2. The Kier molecular flexibility index (Phi) is 5.78. The largest absolute Gasteiger partial charge is 0.464 e. The fourth-order valence-corrected chi connectivity index (χ4v) is 1.67. The number of likely N-dealkylation sites (N-methyl/N-ethyl adjacent to an activating group) is 1. The van der Waals surface area contributed by atoms with Gasteiger partial charge in [-0.15, -0.1) is 0 Å². The molecule has 0 bridgehead atoms. The molecule has 0 atom stereocenters. The van der Waals surface area contributed by atoms with Crippen LogP contribution >= 0.6 is 11.6 Å². The number of carbonyl (C=O) groups excluding carboxylic acids is 1. The van der Waals surface area contributed by atoms with Crippen LogP contribution < -0.4 is 10.6 Å². The normalized spacial score (nSPS) is 10.2. The molecule has 2 N–H and O–H groups in total. The van der Waals surface area contributed by atoms with E-state index in [2.05, 4.69) is 0 Å². The van der Waals surface area contributed by atoms with Gasteiger partial charge in [-0.2, -0.15) is 0 Å². The third kappa shape index (κ3) is 4.45. The maximum absolute atomic E-state index is 11.6. The standard InChI is InChI=1S/C13H19ClN2O2/c1-3-4-7-18-13(17)9-16(2)12-8-10(14)5-6-11(12)15/h5-6,8H,3-4,7,9,15H2,1-2H3. The van der Waals surface area contributed by atoms with Crippen LogP contribution in [0, 0.1) is 0 Å². The van der Waals surface area contributed by atoms with Gasteiger partial charge in [-0.05, 0) is 24.6 Å². The first-order chi connectivity index (χ1) is 8.54. The topological polar surface area (TPSA) is 55.6 Å². The van der Waals surface area contributed by atoms with Gasteiger partial charge < -0.3 is 15.4 Å². The molecule has 0 radical (unpaired) electrons. The zero-order chi connectivity index (χ0) is 13.5. The number of halogens is 1. The number of unbranched alkanes of at least 4 members (excludes halogenated alkanes) is 1. The molecule has 1 aromatic carbocycles. The highest BCUT2D eigenvalue weighted by Gasteiger charge is 2.11. The van der Waals surface area contributed by atoms with E-state index < -0.39 is 0 Å². The Balaban J connectivity index is 2.56. The Morgan fingerprint density at radius 1 is 1.50 bits per heavy atom. The van der Waals surface area contributed by atoms with Crippen LogP contribution in [-0.4, -0.2) is 26.2 Å². The molecule has 0 aliphatic rings.